The molecule has 2 aromatic heterocycles. The summed E-state index contributed by atoms with van der Waals surface area (Å²) in [5.41, 5.74) is 3.57. The molecule has 174 valence electrons. The van der Waals surface area contributed by atoms with Crippen LogP contribution in [0, 0.1) is 43.9 Å². The maximum absolute atomic E-state index is 12.6. The average molecular weight is 687 g/mol. The van der Waals surface area contributed by atoms with Crippen molar-refractivity contribution < 1.29 is 54.6 Å². The van der Waals surface area contributed by atoms with Crippen molar-refractivity contribution in [1.29, 1.82) is 0 Å². The molecule has 0 amide bonds. The number of methoxy groups -OCH3 is 2. The molecule has 4 rings (SSSR count). The summed E-state index contributed by atoms with van der Waals surface area (Å²) in [6.45, 7) is 3.46. The third-order valence-corrected chi connectivity index (χ3v) is 4.93. The Balaban J connectivity index is 0.000000314. The fourth-order valence-electron chi connectivity index (χ4n) is 3.08. The molecule has 0 N–H and O–H groups in total. The molecule has 4 aromatic rings. The van der Waals surface area contributed by atoms with Crippen molar-refractivity contribution in [2.45, 2.75) is 20.3 Å². The largest absolute Gasteiger partial charge is 0.493 e. The molecular weight excluding hydrogens is 663 g/mol. The van der Waals surface area contributed by atoms with Crippen molar-refractivity contribution in [1.82, 2.24) is 14.6 Å². The molecule has 9 heteroatoms. The van der Waals surface area contributed by atoms with Gasteiger partial charge in [0.05, 0.1) is 32.0 Å². The summed E-state index contributed by atoms with van der Waals surface area (Å²) in [6, 6.07) is 13.4. The summed E-state index contributed by atoms with van der Waals surface area (Å²) < 4.78 is 24.9. The number of hydrogen-bond donors (Lipinski definition) is 0. The minimum Gasteiger partial charge on any atom is -0.493 e. The molecule has 0 spiro atoms. The van der Waals surface area contributed by atoms with E-state index >= 15 is 0 Å². The average Bonchev–Trinajstić information content (AvgIpc) is 3.29. The SMILES string of the molecule is CCC(=O)c1cc2nccc(-c3ccc(OC)c(OC)c3)n2n1.Cc1ccc([C-]=O)cc1F.[U]. The molecule has 0 aliphatic carbocycles. The van der Waals surface area contributed by atoms with E-state index < -0.39 is 0 Å². The maximum Gasteiger partial charge on any atom is 0.182 e. The third kappa shape index (κ3) is 6.10. The first-order valence-electron chi connectivity index (χ1n) is 10.2. The molecule has 0 aliphatic heterocycles. The molecular formula is C25H23FN3O4U-. The Kier molecular flexibility index (Phi) is 9.97. The van der Waals surface area contributed by atoms with Crippen molar-refractivity contribution in [3.8, 4) is 22.8 Å². The molecule has 0 atom stereocenters. The van der Waals surface area contributed by atoms with Crippen LogP contribution in [0.2, 0.25) is 0 Å². The van der Waals surface area contributed by atoms with Crippen LogP contribution in [0.15, 0.2) is 54.7 Å². The monoisotopic (exact) mass is 686 g/mol. The summed E-state index contributed by atoms with van der Waals surface area (Å²) in [5.74, 6) is 0.922. The molecule has 2 aromatic carbocycles. The Morgan fingerprint density at radius 1 is 1.06 bits per heavy atom. The number of aromatic nitrogens is 3. The van der Waals surface area contributed by atoms with Crippen LogP contribution < -0.4 is 9.47 Å². The number of halogens is 1. The van der Waals surface area contributed by atoms with Gasteiger partial charge in [-0.15, -0.1) is 17.7 Å². The van der Waals surface area contributed by atoms with Gasteiger partial charge in [-0.1, -0.05) is 6.92 Å². The van der Waals surface area contributed by atoms with Gasteiger partial charge in [0.2, 0.25) is 0 Å². The fourth-order valence-corrected chi connectivity index (χ4v) is 3.08. The van der Waals surface area contributed by atoms with E-state index in [4.69, 9.17) is 9.47 Å². The van der Waals surface area contributed by atoms with E-state index in [1.807, 2.05) is 31.2 Å². The Labute approximate surface area is 220 Å². The zero-order valence-corrected chi connectivity index (χ0v) is 23.4. The van der Waals surface area contributed by atoms with Gasteiger partial charge in [-0.3, -0.25) is 4.79 Å². The minimum atomic E-state index is -0.360. The molecule has 7 nitrogen and oxygen atoms in total. The Bertz CT molecular complexity index is 1310. The number of nitrogens with zero attached hydrogens (tertiary/aromatic N) is 3. The second kappa shape index (κ2) is 12.4. The fraction of sp³-hybridized carbons (Fsp3) is 0.200. The number of carbonyl (C=O) groups is 1. The van der Waals surface area contributed by atoms with Crippen LogP contribution in [0.5, 0.6) is 11.5 Å². The molecule has 34 heavy (non-hydrogen) atoms. The molecule has 0 saturated heterocycles. The number of rotatable bonds is 6. The second-order valence-corrected chi connectivity index (χ2v) is 7.04. The molecule has 0 fully saturated rings. The van der Waals surface area contributed by atoms with E-state index in [2.05, 4.69) is 10.1 Å². The van der Waals surface area contributed by atoms with Crippen molar-refractivity contribution in [3.63, 3.8) is 0 Å². The molecule has 0 saturated carbocycles. The molecule has 0 radical (unpaired) electrons. The van der Waals surface area contributed by atoms with Crippen molar-refractivity contribution in [2.75, 3.05) is 14.2 Å². The van der Waals surface area contributed by atoms with Crippen molar-refractivity contribution in [3.05, 3.63) is 77.4 Å². The third-order valence-electron chi connectivity index (χ3n) is 4.93. The van der Waals surface area contributed by atoms with E-state index in [0.717, 1.165) is 11.3 Å². The second-order valence-electron chi connectivity index (χ2n) is 7.04. The minimum absolute atomic E-state index is 0. The van der Waals surface area contributed by atoms with Crippen LogP contribution >= 0.6 is 0 Å². The van der Waals surface area contributed by atoms with Gasteiger partial charge in [-0.2, -0.15) is 11.2 Å². The zero-order chi connectivity index (χ0) is 24.0. The van der Waals surface area contributed by atoms with Gasteiger partial charge in [-0.05, 0) is 36.8 Å². The molecule has 0 bridgehead atoms. The molecule has 2 heterocycles. The van der Waals surface area contributed by atoms with Crippen LogP contribution in [-0.2, 0) is 4.79 Å². The number of Topliss-reactive ketones (excluding diaryl/α,β-unsaturated/α-hetero) is 1. The normalized spacial score (nSPS) is 10.0. The van der Waals surface area contributed by atoms with Crippen molar-refractivity contribution in [2.24, 2.45) is 0 Å². The predicted molar refractivity (Wildman–Crippen MR) is 122 cm³/mol. The first kappa shape index (κ1) is 27.2. The molecule has 0 aliphatic rings. The number of ketones is 1. The Morgan fingerprint density at radius 2 is 1.79 bits per heavy atom. The summed E-state index contributed by atoms with van der Waals surface area (Å²) in [5, 5.41) is 4.39. The first-order chi connectivity index (χ1) is 15.9. The topological polar surface area (TPSA) is 82.8 Å². The summed E-state index contributed by atoms with van der Waals surface area (Å²) in [6.07, 6.45) is 3.71. The van der Waals surface area contributed by atoms with Crippen molar-refractivity contribution >= 4 is 17.7 Å². The van der Waals surface area contributed by atoms with E-state index in [1.54, 1.807) is 50.3 Å². The maximum atomic E-state index is 12.6. The Morgan fingerprint density at radius 3 is 2.41 bits per heavy atom. The number of hydrogen-bond acceptors (Lipinski definition) is 6. The van der Waals surface area contributed by atoms with E-state index in [1.165, 1.54) is 12.1 Å². The van der Waals surface area contributed by atoms with Gasteiger partial charge >= 0.3 is 0 Å². The first-order valence-corrected chi connectivity index (χ1v) is 10.2. The molecule has 0 unspecified atom stereocenters. The van der Waals surface area contributed by atoms with Crippen LogP contribution in [-0.4, -0.2) is 40.9 Å². The number of fused-ring (bicyclic) bond motifs is 1. The van der Waals surface area contributed by atoms with Gasteiger partial charge < -0.3 is 14.3 Å². The number of benzene rings is 2. The van der Waals surface area contributed by atoms with Crippen LogP contribution in [0.4, 0.5) is 4.39 Å². The zero-order valence-electron chi connectivity index (χ0n) is 19.3. The van der Waals surface area contributed by atoms with Gasteiger partial charge in [0, 0.05) is 55.4 Å². The van der Waals surface area contributed by atoms with Crippen LogP contribution in [0.25, 0.3) is 16.9 Å². The number of carbonyl (C=O) groups excluding carboxylic acids is 2. The van der Waals surface area contributed by atoms with Crippen LogP contribution in [0.3, 0.4) is 0 Å². The quantitative estimate of drug-likeness (QED) is 0.218. The summed E-state index contributed by atoms with van der Waals surface area (Å²) >= 11 is 0. The number of ether oxygens (including phenoxy) is 2. The van der Waals surface area contributed by atoms with Gasteiger partial charge in [0.25, 0.3) is 0 Å². The predicted octanol–water partition coefficient (Wildman–Crippen LogP) is 4.60. The summed E-state index contributed by atoms with van der Waals surface area (Å²) in [7, 11) is 3.19. The van der Waals surface area contributed by atoms with Crippen LogP contribution in [0.1, 0.15) is 35.0 Å². The number of aryl methyl sites for hydroxylation is 1. The van der Waals surface area contributed by atoms with Gasteiger partial charge in [-0.25, -0.2) is 13.9 Å². The standard InChI is InChI=1S/C17H17N3O3.C8H6FO.U/c1-4-14(21)12-10-17-18-8-7-13(20(17)19-12)11-5-6-15(22-2)16(9-11)23-3;1-6-2-3-7(5-10)4-8(6)9;/h5-10H,4H2,1-3H3;2-4H,1H3;/q;-1;. The van der Waals surface area contributed by atoms with E-state index in [0.29, 0.717) is 34.8 Å². The smallest absolute Gasteiger partial charge is 0.182 e. The summed E-state index contributed by atoms with van der Waals surface area (Å²) in [4.78, 5) is 26.1. The van der Waals surface area contributed by atoms with Gasteiger partial charge in [0.1, 0.15) is 5.69 Å². The Hall–Kier alpha value is -3.02. The van der Waals surface area contributed by atoms with E-state index in [9.17, 15) is 14.0 Å². The van der Waals surface area contributed by atoms with Gasteiger partial charge in [0.15, 0.2) is 22.9 Å². The van der Waals surface area contributed by atoms with E-state index in [-0.39, 0.29) is 48.3 Å².